The molecule has 11 rings (SSSR count). The molecule has 2 aliphatic carbocycles. The third-order valence-electron chi connectivity index (χ3n) is 12.7. The van der Waals surface area contributed by atoms with Crippen molar-refractivity contribution < 1.29 is 0 Å². The lowest BCUT2D eigenvalue weighted by atomic mass is 9.92. The second-order valence-corrected chi connectivity index (χ2v) is 16.6. The van der Waals surface area contributed by atoms with Gasteiger partial charge in [-0.05, 0) is 140 Å². The van der Waals surface area contributed by atoms with Crippen molar-refractivity contribution >= 4 is 38.5 Å². The number of hydrogen-bond acceptors (Lipinski definition) is 1. The number of rotatable bonds is 6. The highest BCUT2D eigenvalue weighted by molar-refractivity contribution is 6.23. The quantitative estimate of drug-likeness (QED) is 0.162. The van der Waals surface area contributed by atoms with Crippen molar-refractivity contribution in [1.29, 1.82) is 0 Å². The zero-order chi connectivity index (χ0) is 42.2. The Bertz CT molecular complexity index is 3230. The monoisotopic (exact) mass is 795 g/mol. The highest BCUT2D eigenvalue weighted by Gasteiger charge is 2.25. The molecule has 2 aliphatic rings. The molecule has 1 heteroatoms. The number of fused-ring (bicyclic) bond motifs is 5. The van der Waals surface area contributed by atoms with Gasteiger partial charge in [0, 0.05) is 29.4 Å². The molecule has 0 amide bonds. The maximum absolute atomic E-state index is 2.37. The average Bonchev–Trinajstić information content (AvgIpc) is 3.50. The molecule has 0 atom stereocenters. The van der Waals surface area contributed by atoms with Gasteiger partial charge in [-0.3, -0.25) is 0 Å². The summed E-state index contributed by atoms with van der Waals surface area (Å²) in [5.74, 6) is 0. The Morgan fingerprint density at radius 3 is 1.85 bits per heavy atom. The minimum atomic E-state index is 0.976. The molecule has 9 aromatic rings. The van der Waals surface area contributed by atoms with Crippen molar-refractivity contribution in [3.05, 3.63) is 235 Å². The van der Waals surface area contributed by atoms with Gasteiger partial charge in [-0.25, -0.2) is 0 Å². The minimum Gasteiger partial charge on any atom is -0.344 e. The standard InChI is InChI=1S/C54H41N.C7H8/c1-35-13-5-4-6-17-43(35)50-34-41(24-23-36(50)2)38-27-25-37(26-28-38)40-15-11-16-42(33-40)44-18-9-10-22-51(44)55(3)52-32-31-47-46-30-29-39-14-7-8-19-45(39)53(46)49-21-12-20-48(52)54(47)49;1-7-5-3-2-4-6-7/h5-34H,4H2,1-3H3;2-6H,1H3. The molecule has 0 saturated heterocycles. The molecule has 0 heterocycles. The van der Waals surface area contributed by atoms with Crippen LogP contribution in [0.15, 0.2) is 218 Å². The van der Waals surface area contributed by atoms with Gasteiger partial charge in [-0.15, -0.1) is 0 Å². The Hall–Kier alpha value is -7.48. The first kappa shape index (κ1) is 38.7. The molecule has 0 saturated carbocycles. The van der Waals surface area contributed by atoms with Crippen LogP contribution in [-0.4, -0.2) is 7.05 Å². The first-order valence-electron chi connectivity index (χ1n) is 21.7. The Morgan fingerprint density at radius 2 is 1.05 bits per heavy atom. The Morgan fingerprint density at radius 1 is 0.403 bits per heavy atom. The molecule has 9 aromatic carbocycles. The smallest absolute Gasteiger partial charge is 0.0488 e. The molecule has 62 heavy (non-hydrogen) atoms. The summed E-state index contributed by atoms with van der Waals surface area (Å²) in [5.41, 5.74) is 21.5. The molecule has 0 aliphatic heterocycles. The fraction of sp³-hybridized carbons (Fsp3) is 0.0820. The maximum atomic E-state index is 2.37. The van der Waals surface area contributed by atoms with Crippen molar-refractivity contribution in [2.24, 2.45) is 0 Å². The van der Waals surface area contributed by atoms with Crippen molar-refractivity contribution in [3.63, 3.8) is 0 Å². The second kappa shape index (κ2) is 16.5. The van der Waals surface area contributed by atoms with Crippen LogP contribution < -0.4 is 4.90 Å². The predicted molar refractivity (Wildman–Crippen MR) is 268 cm³/mol. The number of hydrogen-bond donors (Lipinski definition) is 0. The number of nitrogens with zero attached hydrogens (tertiary/aromatic N) is 1. The summed E-state index contributed by atoms with van der Waals surface area (Å²) in [7, 11) is 2.21. The fourth-order valence-electron chi connectivity index (χ4n) is 9.42. The first-order chi connectivity index (χ1) is 30.4. The normalized spacial score (nSPS) is 12.6. The number of aryl methyl sites for hydroxylation is 2. The fourth-order valence-corrected chi connectivity index (χ4v) is 9.42. The van der Waals surface area contributed by atoms with Gasteiger partial charge in [0.25, 0.3) is 0 Å². The van der Waals surface area contributed by atoms with Crippen molar-refractivity contribution in [1.82, 2.24) is 0 Å². The molecule has 0 N–H and O–H groups in total. The van der Waals surface area contributed by atoms with Gasteiger partial charge in [-0.1, -0.05) is 194 Å². The third kappa shape index (κ3) is 7.16. The summed E-state index contributed by atoms with van der Waals surface area (Å²) in [6.45, 7) is 6.50. The topological polar surface area (TPSA) is 3.24 Å². The van der Waals surface area contributed by atoms with E-state index >= 15 is 0 Å². The van der Waals surface area contributed by atoms with Gasteiger partial charge < -0.3 is 4.90 Å². The summed E-state index contributed by atoms with van der Waals surface area (Å²) in [4.78, 5) is 2.37. The summed E-state index contributed by atoms with van der Waals surface area (Å²) in [5, 5.41) is 5.21. The molecule has 298 valence electrons. The van der Waals surface area contributed by atoms with E-state index in [0.29, 0.717) is 0 Å². The third-order valence-corrected chi connectivity index (χ3v) is 12.7. The van der Waals surface area contributed by atoms with Crippen LogP contribution in [0.25, 0.3) is 82.8 Å². The summed E-state index contributed by atoms with van der Waals surface area (Å²) in [6, 6.07) is 68.7. The van der Waals surface area contributed by atoms with Crippen LogP contribution in [0.1, 0.15) is 30.0 Å². The molecule has 0 bridgehead atoms. The summed E-state index contributed by atoms with van der Waals surface area (Å²) >= 11 is 0. The molecule has 0 spiro atoms. The van der Waals surface area contributed by atoms with Gasteiger partial charge in [-0.2, -0.15) is 0 Å². The lowest BCUT2D eigenvalue weighted by molar-refractivity contribution is 1.22. The molecule has 1 nitrogen and oxygen atoms in total. The SMILES string of the molecule is CC1=C(c2cc(-c3ccc(-c4cccc(-c5ccccc5N(C)c5ccc6c7c(cccc57)-c5c-6ccc6ccccc56)c4)cc3)ccc2C)C=CCC=C1.Cc1ccccc1. The molecule has 0 unspecified atom stereocenters. The van der Waals surface area contributed by atoms with Gasteiger partial charge in [0.15, 0.2) is 0 Å². The maximum Gasteiger partial charge on any atom is 0.0488 e. The van der Waals surface area contributed by atoms with E-state index in [1.54, 1.807) is 0 Å². The molecule has 0 radical (unpaired) electrons. The summed E-state index contributed by atoms with van der Waals surface area (Å²) < 4.78 is 0. The van der Waals surface area contributed by atoms with Crippen LogP contribution in [-0.2, 0) is 0 Å². The van der Waals surface area contributed by atoms with Crippen LogP contribution in [0.4, 0.5) is 11.4 Å². The zero-order valence-electron chi connectivity index (χ0n) is 35.9. The van der Waals surface area contributed by atoms with Crippen molar-refractivity contribution in [3.8, 4) is 55.6 Å². The van der Waals surface area contributed by atoms with E-state index in [9.17, 15) is 0 Å². The molecule has 0 fully saturated rings. The largest absolute Gasteiger partial charge is 0.344 e. The van der Waals surface area contributed by atoms with Crippen LogP contribution in [0, 0.1) is 13.8 Å². The van der Waals surface area contributed by atoms with Crippen LogP contribution >= 0.6 is 0 Å². The highest BCUT2D eigenvalue weighted by atomic mass is 15.1. The predicted octanol–water partition coefficient (Wildman–Crippen LogP) is 17.0. The lowest BCUT2D eigenvalue weighted by Crippen LogP contribution is -2.11. The number of allylic oxidation sites excluding steroid dienone is 6. The number of anilines is 2. The van der Waals surface area contributed by atoms with Crippen LogP contribution in [0.5, 0.6) is 0 Å². The van der Waals surface area contributed by atoms with E-state index in [2.05, 4.69) is 227 Å². The highest BCUT2D eigenvalue weighted by Crippen LogP contribution is 2.52. The van der Waals surface area contributed by atoms with Crippen LogP contribution in [0.2, 0.25) is 0 Å². The lowest BCUT2D eigenvalue weighted by Gasteiger charge is -2.25. The van der Waals surface area contributed by atoms with Gasteiger partial charge >= 0.3 is 0 Å². The number of benzene rings is 9. The molecular weight excluding hydrogens is 747 g/mol. The van der Waals surface area contributed by atoms with Crippen molar-refractivity contribution in [2.75, 3.05) is 11.9 Å². The minimum absolute atomic E-state index is 0.976. The first-order valence-corrected chi connectivity index (χ1v) is 21.7. The van der Waals surface area contributed by atoms with E-state index in [0.717, 1.165) is 6.42 Å². The van der Waals surface area contributed by atoms with E-state index in [1.807, 2.05) is 18.2 Å². The van der Waals surface area contributed by atoms with E-state index in [-0.39, 0.29) is 0 Å². The summed E-state index contributed by atoms with van der Waals surface area (Å²) in [6.07, 6.45) is 9.99. The Balaban J connectivity index is 0.000000598. The number of para-hydroxylation sites is 1. The Labute approximate surface area is 366 Å². The second-order valence-electron chi connectivity index (χ2n) is 16.6. The average molecular weight is 796 g/mol. The van der Waals surface area contributed by atoms with Crippen LogP contribution in [0.3, 0.4) is 0 Å². The van der Waals surface area contributed by atoms with Gasteiger partial charge in [0.05, 0.1) is 0 Å². The zero-order valence-corrected chi connectivity index (χ0v) is 35.9. The Kier molecular flexibility index (Phi) is 10.3. The van der Waals surface area contributed by atoms with Crippen molar-refractivity contribution in [2.45, 2.75) is 27.2 Å². The van der Waals surface area contributed by atoms with E-state index < -0.39 is 0 Å². The van der Waals surface area contributed by atoms with E-state index in [4.69, 9.17) is 0 Å². The molecular formula is C61H49N. The van der Waals surface area contributed by atoms with Gasteiger partial charge in [0.2, 0.25) is 0 Å². The van der Waals surface area contributed by atoms with E-state index in [1.165, 1.54) is 116 Å². The van der Waals surface area contributed by atoms with Gasteiger partial charge in [0.1, 0.15) is 0 Å². The molecule has 0 aromatic heterocycles.